The number of hydrogen-bond donors (Lipinski definition) is 2. The minimum atomic E-state index is -0.433. The zero-order valence-electron chi connectivity index (χ0n) is 10.7. The van der Waals surface area contributed by atoms with Crippen molar-refractivity contribution in [3.05, 3.63) is 22.4 Å². The Balaban J connectivity index is 2.14. The second-order valence-corrected chi connectivity index (χ2v) is 4.66. The molecule has 1 aromatic rings. The number of hydrazone groups is 1. The summed E-state index contributed by atoms with van der Waals surface area (Å²) in [6.45, 7) is 1.08. The molecule has 0 saturated carbocycles. The molecular formula is C12H17N3O3S. The third-order valence-electron chi connectivity index (χ3n) is 2.09. The number of rotatable bonds is 8. The van der Waals surface area contributed by atoms with E-state index < -0.39 is 5.91 Å². The first-order valence-corrected chi connectivity index (χ1v) is 6.71. The van der Waals surface area contributed by atoms with Gasteiger partial charge in [-0.25, -0.2) is 5.43 Å². The lowest BCUT2D eigenvalue weighted by Gasteiger charge is -2.03. The first-order valence-electron chi connectivity index (χ1n) is 5.83. The van der Waals surface area contributed by atoms with Gasteiger partial charge in [0.05, 0.1) is 6.21 Å². The van der Waals surface area contributed by atoms with E-state index >= 15 is 0 Å². The molecule has 19 heavy (non-hydrogen) atoms. The van der Waals surface area contributed by atoms with E-state index in [0.29, 0.717) is 13.2 Å². The molecule has 0 aliphatic rings. The zero-order chi connectivity index (χ0) is 13.9. The van der Waals surface area contributed by atoms with E-state index in [-0.39, 0.29) is 12.3 Å². The van der Waals surface area contributed by atoms with Gasteiger partial charge < -0.3 is 10.1 Å². The van der Waals surface area contributed by atoms with Crippen LogP contribution >= 0.6 is 11.3 Å². The van der Waals surface area contributed by atoms with Crippen molar-refractivity contribution in [2.45, 2.75) is 12.8 Å². The molecule has 0 spiro atoms. The monoisotopic (exact) mass is 283 g/mol. The van der Waals surface area contributed by atoms with Crippen molar-refractivity contribution in [2.75, 3.05) is 20.3 Å². The Morgan fingerprint density at radius 2 is 2.32 bits per heavy atom. The molecule has 104 valence electrons. The maximum Gasteiger partial charge on any atom is 0.249 e. The molecule has 0 saturated heterocycles. The zero-order valence-corrected chi connectivity index (χ0v) is 11.5. The van der Waals surface area contributed by atoms with Crippen molar-refractivity contribution in [1.82, 2.24) is 10.7 Å². The molecule has 1 aromatic heterocycles. The number of carbonyl (C=O) groups excluding carboxylic acids is 2. The van der Waals surface area contributed by atoms with E-state index in [1.165, 1.54) is 11.3 Å². The van der Waals surface area contributed by atoms with Gasteiger partial charge in [0, 0.05) is 25.1 Å². The number of amides is 2. The largest absolute Gasteiger partial charge is 0.385 e. The molecule has 0 unspecified atom stereocenters. The van der Waals surface area contributed by atoms with Gasteiger partial charge in [0.15, 0.2) is 0 Å². The Morgan fingerprint density at radius 1 is 1.47 bits per heavy atom. The number of carbonyl (C=O) groups is 2. The molecule has 6 nitrogen and oxygen atoms in total. The van der Waals surface area contributed by atoms with Crippen LogP contribution in [0, 0.1) is 0 Å². The minimum Gasteiger partial charge on any atom is -0.385 e. The smallest absolute Gasteiger partial charge is 0.249 e. The third kappa shape index (κ3) is 7.32. The molecule has 7 heteroatoms. The van der Waals surface area contributed by atoms with Crippen LogP contribution in [-0.4, -0.2) is 38.3 Å². The van der Waals surface area contributed by atoms with Crippen LogP contribution in [0.25, 0.3) is 0 Å². The van der Waals surface area contributed by atoms with Crippen LogP contribution in [0.5, 0.6) is 0 Å². The van der Waals surface area contributed by atoms with Gasteiger partial charge in [-0.1, -0.05) is 6.07 Å². The summed E-state index contributed by atoms with van der Waals surface area (Å²) in [6.07, 6.45) is 2.04. The van der Waals surface area contributed by atoms with Gasteiger partial charge in [-0.3, -0.25) is 9.59 Å². The van der Waals surface area contributed by atoms with Gasteiger partial charge >= 0.3 is 0 Å². The van der Waals surface area contributed by atoms with E-state index in [1.807, 2.05) is 17.5 Å². The molecule has 0 bridgehead atoms. The van der Waals surface area contributed by atoms with E-state index in [2.05, 4.69) is 15.8 Å². The van der Waals surface area contributed by atoms with Crippen LogP contribution in [0.15, 0.2) is 22.6 Å². The second kappa shape index (κ2) is 9.23. The molecule has 0 aliphatic heterocycles. The lowest BCUT2D eigenvalue weighted by molar-refractivity contribution is -0.129. The topological polar surface area (TPSA) is 79.8 Å². The quantitative estimate of drug-likeness (QED) is 0.320. The number of hydrogen-bond acceptors (Lipinski definition) is 5. The lowest BCUT2D eigenvalue weighted by atomic mass is 10.3. The summed E-state index contributed by atoms with van der Waals surface area (Å²) in [7, 11) is 1.60. The Hall–Kier alpha value is -1.73. The fraction of sp³-hybridized carbons (Fsp3) is 0.417. The molecule has 2 amide bonds. The van der Waals surface area contributed by atoms with Crippen LogP contribution < -0.4 is 10.7 Å². The van der Waals surface area contributed by atoms with Crippen LogP contribution in [0.3, 0.4) is 0 Å². The van der Waals surface area contributed by atoms with E-state index in [9.17, 15) is 9.59 Å². The Morgan fingerprint density at radius 3 is 3.00 bits per heavy atom. The van der Waals surface area contributed by atoms with Gasteiger partial charge in [-0.05, 0) is 17.9 Å². The standard InChI is InChI=1S/C12H17N3O3S/c1-18-6-3-5-13-11(16)8-12(17)15-14-9-10-4-2-7-19-10/h2,4,7,9H,3,5-6,8H2,1H3,(H,13,16)(H,15,17)/b14-9+. The summed E-state index contributed by atoms with van der Waals surface area (Å²) < 4.78 is 4.84. The van der Waals surface area contributed by atoms with Crippen molar-refractivity contribution in [3.63, 3.8) is 0 Å². The number of nitrogens with zero attached hydrogens (tertiary/aromatic N) is 1. The maximum atomic E-state index is 11.4. The van der Waals surface area contributed by atoms with Gasteiger partial charge in [0.2, 0.25) is 11.8 Å². The second-order valence-electron chi connectivity index (χ2n) is 3.68. The van der Waals surface area contributed by atoms with Crippen molar-refractivity contribution >= 4 is 29.4 Å². The summed E-state index contributed by atoms with van der Waals surface area (Å²) in [5.41, 5.74) is 2.31. The number of ether oxygens (including phenoxy) is 1. The number of thiophene rings is 1. The van der Waals surface area contributed by atoms with Gasteiger partial charge in [0.1, 0.15) is 6.42 Å². The summed E-state index contributed by atoms with van der Waals surface area (Å²) in [6, 6.07) is 3.77. The average Bonchev–Trinajstić information content (AvgIpc) is 2.88. The normalized spacial score (nSPS) is 10.6. The molecule has 2 N–H and O–H groups in total. The summed E-state index contributed by atoms with van der Waals surface area (Å²) in [4.78, 5) is 23.6. The predicted molar refractivity (Wildman–Crippen MR) is 74.2 cm³/mol. The van der Waals surface area contributed by atoms with Crippen LogP contribution in [-0.2, 0) is 14.3 Å². The minimum absolute atomic E-state index is 0.227. The van der Waals surface area contributed by atoms with Crippen molar-refractivity contribution in [2.24, 2.45) is 5.10 Å². The van der Waals surface area contributed by atoms with E-state index in [1.54, 1.807) is 13.3 Å². The Labute approximate surface area is 115 Å². The Kier molecular flexibility index (Phi) is 7.45. The lowest BCUT2D eigenvalue weighted by Crippen LogP contribution is -2.30. The molecule has 1 rings (SSSR count). The molecule has 0 aliphatic carbocycles. The average molecular weight is 283 g/mol. The first-order chi connectivity index (χ1) is 9.22. The summed E-state index contributed by atoms with van der Waals surface area (Å²) in [5.74, 6) is -0.753. The highest BCUT2D eigenvalue weighted by Gasteiger charge is 2.07. The van der Waals surface area contributed by atoms with Crippen LogP contribution in [0.1, 0.15) is 17.7 Å². The maximum absolute atomic E-state index is 11.4. The molecule has 0 aromatic carbocycles. The van der Waals surface area contributed by atoms with Gasteiger partial charge in [-0.2, -0.15) is 5.10 Å². The highest BCUT2D eigenvalue weighted by molar-refractivity contribution is 7.11. The SMILES string of the molecule is COCCCNC(=O)CC(=O)N/N=C/c1cccs1. The molecule has 0 radical (unpaired) electrons. The molecule has 0 atom stereocenters. The fourth-order valence-corrected chi connectivity index (χ4v) is 1.81. The fourth-order valence-electron chi connectivity index (χ4n) is 1.22. The first kappa shape index (κ1) is 15.3. The summed E-state index contributed by atoms with van der Waals surface area (Å²) in [5, 5.41) is 8.30. The number of methoxy groups -OCH3 is 1. The highest BCUT2D eigenvalue weighted by atomic mass is 32.1. The van der Waals surface area contributed by atoms with E-state index in [0.717, 1.165) is 11.3 Å². The Bertz CT molecular complexity index is 418. The molecular weight excluding hydrogens is 266 g/mol. The van der Waals surface area contributed by atoms with Gasteiger partial charge in [0.25, 0.3) is 0 Å². The van der Waals surface area contributed by atoms with E-state index in [4.69, 9.17) is 4.74 Å². The third-order valence-corrected chi connectivity index (χ3v) is 2.90. The number of nitrogens with one attached hydrogen (secondary N) is 2. The predicted octanol–water partition coefficient (Wildman–Crippen LogP) is 0.741. The van der Waals surface area contributed by atoms with Crippen LogP contribution in [0.2, 0.25) is 0 Å². The van der Waals surface area contributed by atoms with Crippen LogP contribution in [0.4, 0.5) is 0 Å². The highest BCUT2D eigenvalue weighted by Crippen LogP contribution is 2.03. The molecule has 1 heterocycles. The van der Waals surface area contributed by atoms with Gasteiger partial charge in [-0.15, -0.1) is 11.3 Å². The van der Waals surface area contributed by atoms with Crippen molar-refractivity contribution in [1.29, 1.82) is 0 Å². The van der Waals surface area contributed by atoms with Crippen molar-refractivity contribution < 1.29 is 14.3 Å². The molecule has 0 fully saturated rings. The van der Waals surface area contributed by atoms with Crippen molar-refractivity contribution in [3.8, 4) is 0 Å². The summed E-state index contributed by atoms with van der Waals surface area (Å²) >= 11 is 1.51.